The van der Waals surface area contributed by atoms with Crippen molar-refractivity contribution in [1.29, 1.82) is 0 Å². The Bertz CT molecular complexity index is 308. The molecular formula is C7H4Cl2O4. The number of esters is 1. The van der Waals surface area contributed by atoms with E-state index in [1.165, 1.54) is 0 Å². The van der Waals surface area contributed by atoms with Crippen LogP contribution in [0, 0.1) is 0 Å². The third kappa shape index (κ3) is 2.54. The molecule has 0 bridgehead atoms. The Balaban J connectivity index is 2.77. The highest BCUT2D eigenvalue weighted by Gasteiger charge is 2.31. The van der Waals surface area contributed by atoms with Gasteiger partial charge in [-0.15, -0.1) is 0 Å². The molecule has 0 N–H and O–H groups in total. The summed E-state index contributed by atoms with van der Waals surface area (Å²) in [7, 11) is 0. The van der Waals surface area contributed by atoms with E-state index >= 15 is 0 Å². The highest BCUT2D eigenvalue weighted by Crippen LogP contribution is 2.21. The van der Waals surface area contributed by atoms with Gasteiger partial charge in [0.05, 0.1) is 12.0 Å². The summed E-state index contributed by atoms with van der Waals surface area (Å²) in [6.07, 6.45) is -0.209. The Labute approximate surface area is 83.4 Å². The van der Waals surface area contributed by atoms with Gasteiger partial charge in [0.15, 0.2) is 0 Å². The highest BCUT2D eigenvalue weighted by molar-refractivity contribution is 6.68. The van der Waals surface area contributed by atoms with Gasteiger partial charge in [-0.25, -0.2) is 4.79 Å². The second-order valence-electron chi connectivity index (χ2n) is 2.36. The van der Waals surface area contributed by atoms with Gasteiger partial charge in [-0.05, 0) is 23.2 Å². The predicted molar refractivity (Wildman–Crippen MR) is 44.3 cm³/mol. The fourth-order valence-corrected chi connectivity index (χ4v) is 1.25. The van der Waals surface area contributed by atoms with Crippen LogP contribution in [0.3, 0.4) is 0 Å². The van der Waals surface area contributed by atoms with Gasteiger partial charge >= 0.3 is 5.97 Å². The van der Waals surface area contributed by atoms with E-state index in [1.807, 2.05) is 0 Å². The van der Waals surface area contributed by atoms with E-state index in [1.54, 1.807) is 0 Å². The van der Waals surface area contributed by atoms with E-state index in [0.717, 1.165) is 6.08 Å². The summed E-state index contributed by atoms with van der Waals surface area (Å²) in [6.45, 7) is 0. The van der Waals surface area contributed by atoms with Gasteiger partial charge in [-0.3, -0.25) is 9.59 Å². The third-order valence-electron chi connectivity index (χ3n) is 1.45. The first-order chi connectivity index (χ1) is 6.00. The largest absolute Gasteiger partial charge is 0.454 e. The molecule has 6 heteroatoms. The topological polar surface area (TPSA) is 60.4 Å². The lowest BCUT2D eigenvalue weighted by Gasteiger charge is -2.07. The first kappa shape index (κ1) is 10.2. The van der Waals surface area contributed by atoms with Crippen molar-refractivity contribution in [2.75, 3.05) is 0 Å². The summed E-state index contributed by atoms with van der Waals surface area (Å²) in [5, 5.41) is -1.50. The minimum Gasteiger partial charge on any atom is -0.454 e. The Morgan fingerprint density at radius 1 is 1.46 bits per heavy atom. The molecule has 0 aromatic rings. The van der Waals surface area contributed by atoms with Gasteiger partial charge in [0.1, 0.15) is 6.10 Å². The summed E-state index contributed by atoms with van der Waals surface area (Å²) in [5.41, 5.74) is -0.0272. The van der Waals surface area contributed by atoms with Gasteiger partial charge in [0, 0.05) is 6.08 Å². The number of hydrogen-bond donors (Lipinski definition) is 0. The monoisotopic (exact) mass is 222 g/mol. The first-order valence-electron chi connectivity index (χ1n) is 3.31. The zero-order chi connectivity index (χ0) is 10.0. The molecule has 0 spiro atoms. The van der Waals surface area contributed by atoms with E-state index in [-0.39, 0.29) is 12.0 Å². The second-order valence-corrected chi connectivity index (χ2v) is 3.12. The molecule has 0 unspecified atom stereocenters. The van der Waals surface area contributed by atoms with Crippen molar-refractivity contribution in [3.8, 4) is 0 Å². The lowest BCUT2D eigenvalue weighted by Crippen LogP contribution is -2.17. The number of rotatable bonds is 3. The van der Waals surface area contributed by atoms with Crippen molar-refractivity contribution < 1.29 is 19.1 Å². The number of halogens is 2. The van der Waals surface area contributed by atoms with Crippen molar-refractivity contribution in [1.82, 2.24) is 0 Å². The van der Waals surface area contributed by atoms with E-state index in [9.17, 15) is 14.4 Å². The molecule has 0 saturated carbocycles. The molecule has 0 aromatic carbocycles. The van der Waals surface area contributed by atoms with E-state index < -0.39 is 22.6 Å². The minimum atomic E-state index is -0.928. The van der Waals surface area contributed by atoms with Gasteiger partial charge in [0.2, 0.25) is 5.24 Å². The molecule has 1 heterocycles. The van der Waals surface area contributed by atoms with Crippen LogP contribution in [0.15, 0.2) is 11.6 Å². The fourth-order valence-electron chi connectivity index (χ4n) is 0.938. The zero-order valence-electron chi connectivity index (χ0n) is 6.25. The summed E-state index contributed by atoms with van der Waals surface area (Å²) in [5.74, 6) is -0.688. The average molecular weight is 223 g/mol. The van der Waals surface area contributed by atoms with Crippen LogP contribution >= 0.6 is 23.2 Å². The van der Waals surface area contributed by atoms with Crippen LogP contribution < -0.4 is 0 Å². The molecule has 1 rings (SSSR count). The van der Waals surface area contributed by atoms with Crippen LogP contribution in [0.4, 0.5) is 0 Å². The van der Waals surface area contributed by atoms with Crippen LogP contribution in [0.5, 0.6) is 0 Å². The van der Waals surface area contributed by atoms with Crippen LogP contribution in [0.1, 0.15) is 6.42 Å². The molecule has 0 fully saturated rings. The van der Waals surface area contributed by atoms with Crippen LogP contribution in [0.2, 0.25) is 0 Å². The summed E-state index contributed by atoms with van der Waals surface area (Å²) in [4.78, 5) is 31.8. The SMILES string of the molecule is O=C(Cl)C[C@@H]1OC(=O)C=C1C(=O)Cl. The molecule has 4 nitrogen and oxygen atoms in total. The molecule has 0 saturated heterocycles. The van der Waals surface area contributed by atoms with Crippen LogP contribution in [-0.2, 0) is 19.1 Å². The third-order valence-corrected chi connectivity index (χ3v) is 1.82. The lowest BCUT2D eigenvalue weighted by molar-refractivity contribution is -0.139. The van der Waals surface area contributed by atoms with Crippen molar-refractivity contribution >= 4 is 39.7 Å². The Morgan fingerprint density at radius 3 is 2.54 bits per heavy atom. The average Bonchev–Trinajstić information content (AvgIpc) is 2.29. The summed E-state index contributed by atoms with van der Waals surface area (Å²) < 4.78 is 4.60. The van der Waals surface area contributed by atoms with Crippen LogP contribution in [0.25, 0.3) is 0 Å². The Morgan fingerprint density at radius 2 is 2.08 bits per heavy atom. The standard InChI is InChI=1S/C7H4Cl2O4/c8-5(10)2-4-3(7(9)12)1-6(11)13-4/h1,4H,2H2/t4-/m0/s1. The number of carbonyl (C=O) groups excluding carboxylic acids is 3. The predicted octanol–water partition coefficient (Wildman–Crippen LogP) is 0.759. The Kier molecular flexibility index (Phi) is 3.06. The van der Waals surface area contributed by atoms with E-state index in [4.69, 9.17) is 23.2 Å². The maximum atomic E-state index is 10.7. The lowest BCUT2D eigenvalue weighted by atomic mass is 10.1. The van der Waals surface area contributed by atoms with Crippen molar-refractivity contribution in [3.05, 3.63) is 11.6 Å². The number of cyclic esters (lactones) is 1. The first-order valence-corrected chi connectivity index (χ1v) is 4.06. The minimum absolute atomic E-state index is 0.0272. The van der Waals surface area contributed by atoms with Gasteiger partial charge in [-0.1, -0.05) is 0 Å². The molecular weight excluding hydrogens is 219 g/mol. The molecule has 70 valence electrons. The molecule has 0 aliphatic carbocycles. The van der Waals surface area contributed by atoms with Crippen molar-refractivity contribution in [3.63, 3.8) is 0 Å². The second kappa shape index (κ2) is 3.89. The molecule has 1 aliphatic heterocycles. The molecule has 1 aliphatic rings. The molecule has 13 heavy (non-hydrogen) atoms. The maximum absolute atomic E-state index is 10.7. The number of hydrogen-bond acceptors (Lipinski definition) is 4. The van der Waals surface area contributed by atoms with Gasteiger partial charge < -0.3 is 4.74 Å². The number of carbonyl (C=O) groups is 3. The maximum Gasteiger partial charge on any atom is 0.331 e. The molecule has 0 amide bonds. The highest BCUT2D eigenvalue weighted by atomic mass is 35.5. The smallest absolute Gasteiger partial charge is 0.331 e. The molecule has 0 radical (unpaired) electrons. The molecule has 1 atom stereocenters. The normalized spacial score (nSPS) is 20.9. The van der Waals surface area contributed by atoms with Gasteiger partial charge in [0.25, 0.3) is 5.24 Å². The summed E-state index contributed by atoms with van der Waals surface area (Å²) in [6, 6.07) is 0. The van der Waals surface area contributed by atoms with Gasteiger partial charge in [-0.2, -0.15) is 0 Å². The molecule has 0 aromatic heterocycles. The Hall–Kier alpha value is -0.870. The quantitative estimate of drug-likeness (QED) is 0.523. The van der Waals surface area contributed by atoms with Crippen molar-refractivity contribution in [2.45, 2.75) is 12.5 Å². The fraction of sp³-hybridized carbons (Fsp3) is 0.286. The number of ether oxygens (including phenoxy) is 1. The van der Waals surface area contributed by atoms with Crippen molar-refractivity contribution in [2.24, 2.45) is 0 Å². The van der Waals surface area contributed by atoms with Crippen LogP contribution in [-0.4, -0.2) is 22.6 Å². The van der Waals surface area contributed by atoms with E-state index in [2.05, 4.69) is 4.74 Å². The zero-order valence-corrected chi connectivity index (χ0v) is 7.76. The van der Waals surface area contributed by atoms with E-state index in [0.29, 0.717) is 0 Å². The summed E-state index contributed by atoms with van der Waals surface area (Å²) >= 11 is 10.2.